The molecule has 0 fully saturated rings. The van der Waals surface area contributed by atoms with E-state index < -0.39 is 0 Å². The van der Waals surface area contributed by atoms with E-state index in [1.165, 1.54) is 0 Å². The summed E-state index contributed by atoms with van der Waals surface area (Å²) in [6.45, 7) is 0. The Balaban J connectivity index is 1.56. The number of pyridine rings is 1. The van der Waals surface area contributed by atoms with Crippen molar-refractivity contribution in [2.75, 3.05) is 9.80 Å². The average Bonchev–Trinajstić information content (AvgIpc) is 2.92. The number of rotatable bonds is 3. The van der Waals surface area contributed by atoms with Gasteiger partial charge >= 0.3 is 0 Å². The van der Waals surface area contributed by atoms with E-state index in [0.717, 1.165) is 45.3 Å². The zero-order valence-corrected chi connectivity index (χ0v) is 18.3. The minimum atomic E-state index is 0.425. The van der Waals surface area contributed by atoms with Gasteiger partial charge in [-0.2, -0.15) is 5.26 Å². The summed E-state index contributed by atoms with van der Waals surface area (Å²) in [5.41, 5.74) is 8.76. The molecule has 0 spiro atoms. The molecule has 0 atom stereocenters. The predicted octanol–water partition coefficient (Wildman–Crippen LogP) is 7.87. The van der Waals surface area contributed by atoms with Gasteiger partial charge in [0.05, 0.1) is 22.7 Å². The van der Waals surface area contributed by atoms with Gasteiger partial charge < -0.3 is 9.80 Å². The molecule has 0 saturated heterocycles. The van der Waals surface area contributed by atoms with Crippen LogP contribution in [0.1, 0.15) is 5.69 Å². The maximum atomic E-state index is 9.57. The molecule has 1 aliphatic heterocycles. The highest BCUT2D eigenvalue weighted by atomic mass is 15.3. The molecule has 1 aromatic heterocycles. The standard InChI is InChI=1S/C30H20N4/c31-21-26-25(14-9-19-32-26)22-10-8-13-24(20-22)34-29-17-6-4-15-27(29)33(23-11-2-1-3-12-23)28-16-5-7-18-30(28)34/h1-20H. The molecule has 0 bridgehead atoms. The van der Waals surface area contributed by atoms with Gasteiger partial charge in [0.25, 0.3) is 0 Å². The monoisotopic (exact) mass is 436 g/mol. The number of hydrogen-bond donors (Lipinski definition) is 0. The number of nitrogens with zero attached hydrogens (tertiary/aromatic N) is 4. The molecule has 1 aliphatic rings. The fourth-order valence-corrected chi connectivity index (χ4v) is 4.62. The van der Waals surface area contributed by atoms with E-state index in [0.29, 0.717) is 5.69 Å². The largest absolute Gasteiger partial charge is 0.306 e. The molecule has 4 heteroatoms. The molecule has 5 aromatic rings. The predicted molar refractivity (Wildman–Crippen MR) is 137 cm³/mol. The van der Waals surface area contributed by atoms with E-state index in [9.17, 15) is 5.26 Å². The Morgan fingerprint density at radius 1 is 0.559 bits per heavy atom. The summed E-state index contributed by atoms with van der Waals surface area (Å²) in [4.78, 5) is 8.84. The van der Waals surface area contributed by atoms with E-state index in [1.807, 2.05) is 30.3 Å². The third kappa shape index (κ3) is 3.19. The SMILES string of the molecule is N#Cc1ncccc1-c1cccc(N2c3ccccc3N(c3ccccc3)c3ccccc32)c1. The first-order valence-corrected chi connectivity index (χ1v) is 11.1. The smallest absolute Gasteiger partial charge is 0.148 e. The van der Waals surface area contributed by atoms with Gasteiger partial charge in [-0.05, 0) is 66.2 Å². The second kappa shape index (κ2) is 8.23. The molecule has 160 valence electrons. The number of fused-ring (bicyclic) bond motifs is 2. The van der Waals surface area contributed by atoms with Gasteiger partial charge in [-0.1, -0.05) is 54.6 Å². The van der Waals surface area contributed by atoms with Gasteiger partial charge in [0.2, 0.25) is 0 Å². The lowest BCUT2D eigenvalue weighted by molar-refractivity contribution is 1.17. The maximum absolute atomic E-state index is 9.57. The van der Waals surface area contributed by atoms with Gasteiger partial charge in [0.1, 0.15) is 11.8 Å². The second-order valence-corrected chi connectivity index (χ2v) is 8.05. The molecule has 0 saturated carbocycles. The van der Waals surface area contributed by atoms with Crippen LogP contribution in [0.5, 0.6) is 0 Å². The molecule has 4 aromatic carbocycles. The summed E-state index contributed by atoms with van der Waals surface area (Å²) < 4.78 is 0. The van der Waals surface area contributed by atoms with Crippen LogP contribution in [0.2, 0.25) is 0 Å². The lowest BCUT2D eigenvalue weighted by atomic mass is 10.0. The van der Waals surface area contributed by atoms with Crippen molar-refractivity contribution >= 4 is 34.1 Å². The second-order valence-electron chi connectivity index (χ2n) is 8.05. The van der Waals surface area contributed by atoms with E-state index in [4.69, 9.17) is 0 Å². The fourth-order valence-electron chi connectivity index (χ4n) is 4.62. The van der Waals surface area contributed by atoms with Crippen LogP contribution in [-0.4, -0.2) is 4.98 Å². The molecule has 0 aliphatic carbocycles. The van der Waals surface area contributed by atoms with Gasteiger partial charge in [-0.25, -0.2) is 4.98 Å². The molecule has 0 unspecified atom stereocenters. The first kappa shape index (κ1) is 19.8. The van der Waals surface area contributed by atoms with E-state index in [1.54, 1.807) is 6.20 Å². The lowest BCUT2D eigenvalue weighted by Gasteiger charge is -2.40. The first-order chi connectivity index (χ1) is 16.8. The number of benzene rings is 4. The van der Waals surface area contributed by atoms with E-state index >= 15 is 0 Å². The number of para-hydroxylation sites is 5. The van der Waals surface area contributed by atoms with Gasteiger partial charge in [-0.15, -0.1) is 0 Å². The number of anilines is 6. The summed E-state index contributed by atoms with van der Waals surface area (Å²) in [6.07, 6.45) is 1.65. The van der Waals surface area contributed by atoms with Crippen molar-refractivity contribution in [2.24, 2.45) is 0 Å². The van der Waals surface area contributed by atoms with Crippen LogP contribution in [0.15, 0.2) is 121 Å². The van der Waals surface area contributed by atoms with E-state index in [-0.39, 0.29) is 0 Å². The fraction of sp³-hybridized carbons (Fsp3) is 0. The number of nitriles is 1. The van der Waals surface area contributed by atoms with Crippen LogP contribution < -0.4 is 9.80 Å². The zero-order valence-electron chi connectivity index (χ0n) is 18.3. The minimum absolute atomic E-state index is 0.425. The maximum Gasteiger partial charge on any atom is 0.148 e. The van der Waals surface area contributed by atoms with Crippen molar-refractivity contribution in [1.29, 1.82) is 5.26 Å². The summed E-state index contributed by atoms with van der Waals surface area (Å²) in [6, 6.07) is 41.7. The van der Waals surface area contributed by atoms with Crippen LogP contribution in [0.25, 0.3) is 11.1 Å². The molecule has 6 rings (SSSR count). The summed E-state index contributed by atoms with van der Waals surface area (Å²) >= 11 is 0. The highest BCUT2D eigenvalue weighted by Crippen LogP contribution is 2.54. The summed E-state index contributed by atoms with van der Waals surface area (Å²) in [5, 5.41) is 9.57. The van der Waals surface area contributed by atoms with Crippen molar-refractivity contribution in [3.8, 4) is 17.2 Å². The number of hydrogen-bond acceptors (Lipinski definition) is 4. The third-order valence-corrected chi connectivity index (χ3v) is 6.07. The molecule has 4 nitrogen and oxygen atoms in total. The van der Waals surface area contributed by atoms with E-state index in [2.05, 4.69) is 106 Å². The molecular weight excluding hydrogens is 416 g/mol. The Morgan fingerprint density at radius 3 is 1.74 bits per heavy atom. The van der Waals surface area contributed by atoms with Crippen LogP contribution in [0, 0.1) is 11.3 Å². The third-order valence-electron chi connectivity index (χ3n) is 6.07. The Kier molecular flexibility index (Phi) is 4.79. The van der Waals surface area contributed by atoms with Crippen LogP contribution in [-0.2, 0) is 0 Å². The highest BCUT2D eigenvalue weighted by Gasteiger charge is 2.30. The van der Waals surface area contributed by atoms with Crippen molar-refractivity contribution in [3.63, 3.8) is 0 Å². The van der Waals surface area contributed by atoms with Crippen molar-refractivity contribution < 1.29 is 0 Å². The van der Waals surface area contributed by atoms with Crippen LogP contribution >= 0.6 is 0 Å². The Hall–Kier alpha value is -4.88. The van der Waals surface area contributed by atoms with Crippen molar-refractivity contribution in [1.82, 2.24) is 4.98 Å². The van der Waals surface area contributed by atoms with Gasteiger partial charge in [0.15, 0.2) is 0 Å². The molecule has 0 radical (unpaired) electrons. The van der Waals surface area contributed by atoms with Gasteiger partial charge in [0, 0.05) is 23.1 Å². The topological polar surface area (TPSA) is 43.2 Å². The molecule has 0 amide bonds. The minimum Gasteiger partial charge on any atom is -0.306 e. The van der Waals surface area contributed by atoms with Gasteiger partial charge in [-0.3, -0.25) is 0 Å². The molecule has 2 heterocycles. The zero-order chi connectivity index (χ0) is 22.9. The lowest BCUT2D eigenvalue weighted by Crippen LogP contribution is -2.23. The van der Waals surface area contributed by atoms with Crippen molar-refractivity contribution in [2.45, 2.75) is 0 Å². The highest BCUT2D eigenvalue weighted by molar-refractivity contribution is 6.01. The summed E-state index contributed by atoms with van der Waals surface area (Å²) in [5.74, 6) is 0. The van der Waals surface area contributed by atoms with Crippen LogP contribution in [0.4, 0.5) is 34.1 Å². The van der Waals surface area contributed by atoms with Crippen LogP contribution in [0.3, 0.4) is 0 Å². The van der Waals surface area contributed by atoms with Crippen molar-refractivity contribution in [3.05, 3.63) is 127 Å². The Morgan fingerprint density at radius 2 is 1.12 bits per heavy atom. The normalized spacial score (nSPS) is 12.0. The Labute approximate surface area is 198 Å². The molecular formula is C30H20N4. The summed E-state index contributed by atoms with van der Waals surface area (Å²) in [7, 11) is 0. The average molecular weight is 437 g/mol. The Bertz CT molecular complexity index is 1490. The molecule has 0 N–H and O–H groups in total. The quantitative estimate of drug-likeness (QED) is 0.283. The first-order valence-electron chi connectivity index (χ1n) is 11.1. The number of aromatic nitrogens is 1. The molecule has 34 heavy (non-hydrogen) atoms.